The van der Waals surface area contributed by atoms with Crippen molar-refractivity contribution in [2.45, 2.75) is 44.1 Å². The summed E-state index contributed by atoms with van der Waals surface area (Å²) in [6, 6.07) is 9.95. The van der Waals surface area contributed by atoms with Crippen molar-refractivity contribution in [1.29, 1.82) is 0 Å². The van der Waals surface area contributed by atoms with Crippen LogP contribution in [0.4, 0.5) is 0 Å². The molecule has 1 aliphatic rings. The van der Waals surface area contributed by atoms with Crippen LogP contribution < -0.4 is 0 Å². The zero-order valence-electron chi connectivity index (χ0n) is 12.9. The van der Waals surface area contributed by atoms with Gasteiger partial charge in [0.2, 0.25) is 5.91 Å². The Bertz CT molecular complexity index is 521. The summed E-state index contributed by atoms with van der Waals surface area (Å²) in [6.45, 7) is 2.66. The minimum atomic E-state index is -1.68. The molecule has 1 aromatic rings. The number of nitrogens with zero attached hydrogens (tertiary/aromatic N) is 1. The van der Waals surface area contributed by atoms with Crippen LogP contribution in [0.5, 0.6) is 0 Å². The molecule has 1 saturated heterocycles. The molecule has 0 aromatic heterocycles. The van der Waals surface area contributed by atoms with Gasteiger partial charge in [-0.1, -0.05) is 37.3 Å². The van der Waals surface area contributed by atoms with Crippen LogP contribution in [0.2, 0.25) is 0 Å². The number of aliphatic hydroxyl groups is 1. The second-order valence-electron chi connectivity index (χ2n) is 5.94. The average Bonchev–Trinajstić information content (AvgIpc) is 2.53. The fraction of sp³-hybridized carbons (Fsp3) is 0.529. The maximum Gasteiger partial charge on any atom is 0.335 e. The van der Waals surface area contributed by atoms with Crippen LogP contribution in [0.3, 0.4) is 0 Å². The van der Waals surface area contributed by atoms with Crippen LogP contribution in [-0.4, -0.2) is 45.7 Å². The van der Waals surface area contributed by atoms with Gasteiger partial charge in [-0.25, -0.2) is 4.79 Å². The Morgan fingerprint density at radius 2 is 1.82 bits per heavy atom. The molecule has 1 heterocycles. The van der Waals surface area contributed by atoms with Crippen molar-refractivity contribution in [2.75, 3.05) is 13.1 Å². The maximum absolute atomic E-state index is 12.4. The molecule has 5 nitrogen and oxygen atoms in total. The first-order valence-electron chi connectivity index (χ1n) is 7.75. The van der Waals surface area contributed by atoms with Crippen molar-refractivity contribution in [1.82, 2.24) is 4.90 Å². The quantitative estimate of drug-likeness (QED) is 0.872. The first-order chi connectivity index (χ1) is 10.5. The number of aliphatic carboxylic acids is 1. The van der Waals surface area contributed by atoms with E-state index < -0.39 is 11.6 Å². The average molecular weight is 305 g/mol. The Morgan fingerprint density at radius 3 is 2.32 bits per heavy atom. The Morgan fingerprint density at radius 1 is 1.23 bits per heavy atom. The summed E-state index contributed by atoms with van der Waals surface area (Å²) in [5.41, 5.74) is -0.530. The van der Waals surface area contributed by atoms with Crippen LogP contribution in [0, 0.1) is 0 Å². The van der Waals surface area contributed by atoms with Crippen molar-refractivity contribution in [3.05, 3.63) is 35.9 Å². The van der Waals surface area contributed by atoms with Crippen molar-refractivity contribution >= 4 is 11.9 Å². The SMILES string of the molecule is CCC(CC(=O)N1CCC(O)(C(=O)O)CC1)c1ccccc1. The molecule has 1 atom stereocenters. The van der Waals surface area contributed by atoms with Gasteiger partial charge >= 0.3 is 5.97 Å². The van der Waals surface area contributed by atoms with E-state index in [1.807, 2.05) is 30.3 Å². The van der Waals surface area contributed by atoms with Crippen LogP contribution in [0.1, 0.15) is 44.1 Å². The molecule has 1 aromatic carbocycles. The number of amides is 1. The van der Waals surface area contributed by atoms with Crippen molar-refractivity contribution < 1.29 is 19.8 Å². The number of hydrogen-bond acceptors (Lipinski definition) is 3. The predicted octanol–water partition coefficient (Wildman–Crippen LogP) is 2.01. The number of hydrogen-bond donors (Lipinski definition) is 2. The summed E-state index contributed by atoms with van der Waals surface area (Å²) in [5.74, 6) is -0.993. The minimum Gasteiger partial charge on any atom is -0.479 e. The normalized spacial score (nSPS) is 18.7. The Hall–Kier alpha value is -1.88. The summed E-state index contributed by atoms with van der Waals surface area (Å²) in [4.78, 5) is 25.1. The van der Waals surface area contributed by atoms with Crippen LogP contribution in [0.15, 0.2) is 30.3 Å². The lowest BCUT2D eigenvalue weighted by atomic mass is 9.89. The molecule has 2 rings (SSSR count). The Balaban J connectivity index is 1.94. The highest BCUT2D eigenvalue weighted by molar-refractivity contribution is 5.80. The largest absolute Gasteiger partial charge is 0.479 e. The van der Waals surface area contributed by atoms with Crippen molar-refractivity contribution in [3.63, 3.8) is 0 Å². The fourth-order valence-corrected chi connectivity index (χ4v) is 2.90. The zero-order chi connectivity index (χ0) is 16.2. The summed E-state index contributed by atoms with van der Waals surface area (Å²) in [5, 5.41) is 18.9. The predicted molar refractivity (Wildman–Crippen MR) is 82.5 cm³/mol. The molecule has 1 aliphatic heterocycles. The minimum absolute atomic E-state index is 0.0307. The number of rotatable bonds is 5. The number of benzene rings is 1. The summed E-state index contributed by atoms with van der Waals surface area (Å²) >= 11 is 0. The van der Waals surface area contributed by atoms with Crippen LogP contribution in [-0.2, 0) is 9.59 Å². The van der Waals surface area contributed by atoms with Gasteiger partial charge in [0.25, 0.3) is 0 Å². The number of likely N-dealkylation sites (tertiary alicyclic amines) is 1. The zero-order valence-corrected chi connectivity index (χ0v) is 12.9. The van der Waals surface area contributed by atoms with E-state index >= 15 is 0 Å². The van der Waals surface area contributed by atoms with Gasteiger partial charge in [-0.05, 0) is 17.9 Å². The lowest BCUT2D eigenvalue weighted by Crippen LogP contribution is -2.51. The maximum atomic E-state index is 12.4. The third-order valence-electron chi connectivity index (χ3n) is 4.53. The summed E-state index contributed by atoms with van der Waals surface area (Å²) in [7, 11) is 0. The van der Waals surface area contributed by atoms with Gasteiger partial charge in [0, 0.05) is 32.4 Å². The molecule has 1 fully saturated rings. The van der Waals surface area contributed by atoms with E-state index in [9.17, 15) is 14.7 Å². The monoisotopic (exact) mass is 305 g/mol. The number of piperidine rings is 1. The highest BCUT2D eigenvalue weighted by Gasteiger charge is 2.40. The van der Waals surface area contributed by atoms with Crippen LogP contribution >= 0.6 is 0 Å². The molecule has 0 radical (unpaired) electrons. The molecule has 1 amide bonds. The second-order valence-corrected chi connectivity index (χ2v) is 5.94. The highest BCUT2D eigenvalue weighted by atomic mass is 16.4. The van der Waals surface area contributed by atoms with Gasteiger partial charge in [-0.2, -0.15) is 0 Å². The molecule has 1 unspecified atom stereocenters. The fourth-order valence-electron chi connectivity index (χ4n) is 2.90. The first-order valence-corrected chi connectivity index (χ1v) is 7.75. The lowest BCUT2D eigenvalue weighted by molar-refractivity contribution is -0.165. The van der Waals surface area contributed by atoms with Gasteiger partial charge in [-0.3, -0.25) is 4.79 Å². The van der Waals surface area contributed by atoms with E-state index in [1.165, 1.54) is 0 Å². The van der Waals surface area contributed by atoms with Gasteiger partial charge in [0.05, 0.1) is 0 Å². The Labute approximate surface area is 130 Å². The van der Waals surface area contributed by atoms with Gasteiger partial charge in [0.1, 0.15) is 0 Å². The molecule has 0 saturated carbocycles. The molecule has 0 bridgehead atoms. The number of carboxylic acids is 1. The smallest absolute Gasteiger partial charge is 0.335 e. The first kappa shape index (κ1) is 16.5. The molecular formula is C17H23NO4. The molecule has 0 spiro atoms. The Kier molecular flexibility index (Phi) is 5.19. The van der Waals surface area contributed by atoms with E-state index in [1.54, 1.807) is 4.90 Å². The topological polar surface area (TPSA) is 77.8 Å². The number of carbonyl (C=O) groups is 2. The second kappa shape index (κ2) is 6.92. The standard InChI is InChI=1S/C17H23NO4/c1-2-13(14-6-4-3-5-7-14)12-15(19)18-10-8-17(22,9-11-18)16(20)21/h3-7,13,22H,2,8-12H2,1H3,(H,20,21). The number of carbonyl (C=O) groups excluding carboxylic acids is 1. The molecule has 2 N–H and O–H groups in total. The molecule has 22 heavy (non-hydrogen) atoms. The third kappa shape index (κ3) is 3.65. The molecule has 0 aliphatic carbocycles. The van der Waals surface area contributed by atoms with E-state index in [2.05, 4.69) is 6.92 Å². The van der Waals surface area contributed by atoms with E-state index in [-0.39, 0.29) is 24.7 Å². The van der Waals surface area contributed by atoms with E-state index in [0.717, 1.165) is 12.0 Å². The van der Waals surface area contributed by atoms with Crippen LogP contribution in [0.25, 0.3) is 0 Å². The number of carboxylic acid groups (broad SMARTS) is 1. The van der Waals surface area contributed by atoms with Gasteiger partial charge in [0.15, 0.2) is 5.60 Å². The lowest BCUT2D eigenvalue weighted by Gasteiger charge is -2.36. The van der Waals surface area contributed by atoms with Gasteiger partial charge < -0.3 is 15.1 Å². The van der Waals surface area contributed by atoms with Crippen molar-refractivity contribution in [2.24, 2.45) is 0 Å². The van der Waals surface area contributed by atoms with E-state index in [0.29, 0.717) is 19.5 Å². The molecule has 5 heteroatoms. The van der Waals surface area contributed by atoms with Gasteiger partial charge in [-0.15, -0.1) is 0 Å². The molecular weight excluding hydrogens is 282 g/mol. The molecule has 120 valence electrons. The van der Waals surface area contributed by atoms with E-state index in [4.69, 9.17) is 5.11 Å². The summed E-state index contributed by atoms with van der Waals surface area (Å²) < 4.78 is 0. The summed E-state index contributed by atoms with van der Waals surface area (Å²) in [6.07, 6.45) is 1.49. The highest BCUT2D eigenvalue weighted by Crippen LogP contribution is 2.27. The van der Waals surface area contributed by atoms with Crippen molar-refractivity contribution in [3.8, 4) is 0 Å². The third-order valence-corrected chi connectivity index (χ3v) is 4.53.